The molecular weight excluding hydrogens is 368 g/mol. The van der Waals surface area contributed by atoms with Crippen molar-refractivity contribution in [3.05, 3.63) is 40.1 Å². The van der Waals surface area contributed by atoms with Gasteiger partial charge in [0.2, 0.25) is 0 Å². The summed E-state index contributed by atoms with van der Waals surface area (Å²) in [6, 6.07) is 6.41. The van der Waals surface area contributed by atoms with Gasteiger partial charge in [0.05, 0.1) is 19.3 Å². The first-order valence-electron chi connectivity index (χ1n) is 9.07. The van der Waals surface area contributed by atoms with Crippen LogP contribution in [0.3, 0.4) is 0 Å². The van der Waals surface area contributed by atoms with Gasteiger partial charge < -0.3 is 23.9 Å². The molecule has 0 bridgehead atoms. The number of anilines is 2. The van der Waals surface area contributed by atoms with Gasteiger partial charge in [0.25, 0.3) is 5.91 Å². The standard InChI is InChI=1S/C17H20N6O5/c24-17(13-1-4-16(28-13)23(25)26)22-7-5-20(6-8-22)14-2-3-15(19-18-14)21-9-11-27-12-10-21/h1-4H,5-12H2. The summed E-state index contributed by atoms with van der Waals surface area (Å²) in [6.45, 7) is 5.14. The molecule has 0 aliphatic carbocycles. The maximum absolute atomic E-state index is 12.4. The molecule has 4 heterocycles. The van der Waals surface area contributed by atoms with Gasteiger partial charge in [-0.05, 0) is 18.2 Å². The number of hydrogen-bond donors (Lipinski definition) is 0. The number of rotatable bonds is 4. The predicted octanol–water partition coefficient (Wildman–Crippen LogP) is 0.777. The van der Waals surface area contributed by atoms with E-state index in [9.17, 15) is 14.9 Å². The van der Waals surface area contributed by atoms with Crippen molar-refractivity contribution in [2.24, 2.45) is 0 Å². The number of morpholine rings is 1. The number of nitrogens with zero attached hydrogens (tertiary/aromatic N) is 6. The monoisotopic (exact) mass is 388 g/mol. The van der Waals surface area contributed by atoms with Gasteiger partial charge in [0, 0.05) is 39.3 Å². The van der Waals surface area contributed by atoms with Gasteiger partial charge in [-0.25, -0.2) is 0 Å². The highest BCUT2D eigenvalue weighted by atomic mass is 16.6. The molecule has 0 N–H and O–H groups in total. The highest BCUT2D eigenvalue weighted by Crippen LogP contribution is 2.20. The van der Waals surface area contributed by atoms with Gasteiger partial charge in [-0.1, -0.05) is 0 Å². The minimum absolute atomic E-state index is 0.0187. The van der Waals surface area contributed by atoms with Gasteiger partial charge in [0.15, 0.2) is 17.4 Å². The predicted molar refractivity (Wildman–Crippen MR) is 98.5 cm³/mol. The highest BCUT2D eigenvalue weighted by molar-refractivity contribution is 5.92. The number of piperazine rings is 1. The second kappa shape index (κ2) is 7.80. The van der Waals surface area contributed by atoms with Gasteiger partial charge in [-0.15, -0.1) is 10.2 Å². The topological polar surface area (TPSA) is 118 Å². The van der Waals surface area contributed by atoms with Crippen LogP contribution in [0.4, 0.5) is 17.5 Å². The van der Waals surface area contributed by atoms with Gasteiger partial charge in [-0.3, -0.25) is 14.9 Å². The Morgan fingerprint density at radius 3 is 2.07 bits per heavy atom. The van der Waals surface area contributed by atoms with E-state index in [0.717, 1.165) is 24.7 Å². The van der Waals surface area contributed by atoms with Gasteiger partial charge in [0.1, 0.15) is 4.92 Å². The molecule has 148 valence electrons. The summed E-state index contributed by atoms with van der Waals surface area (Å²) in [5.41, 5.74) is 0. The Hall–Kier alpha value is -3.21. The Bertz CT molecular complexity index is 840. The Kier molecular flexibility index (Phi) is 5.06. The number of aromatic nitrogens is 2. The lowest BCUT2D eigenvalue weighted by molar-refractivity contribution is -0.402. The van der Waals surface area contributed by atoms with Gasteiger partial charge >= 0.3 is 5.88 Å². The zero-order valence-corrected chi connectivity index (χ0v) is 15.2. The van der Waals surface area contributed by atoms with Gasteiger partial charge in [-0.2, -0.15) is 0 Å². The maximum Gasteiger partial charge on any atom is 0.433 e. The number of ether oxygens (including phenoxy) is 1. The van der Waals surface area contributed by atoms with Crippen LogP contribution < -0.4 is 9.80 Å². The summed E-state index contributed by atoms with van der Waals surface area (Å²) < 4.78 is 10.3. The van der Waals surface area contributed by atoms with E-state index < -0.39 is 10.8 Å². The molecule has 0 unspecified atom stereocenters. The Morgan fingerprint density at radius 2 is 1.54 bits per heavy atom. The molecule has 28 heavy (non-hydrogen) atoms. The number of carbonyl (C=O) groups is 1. The molecule has 0 aromatic carbocycles. The molecule has 2 fully saturated rings. The van der Waals surface area contributed by atoms with Crippen LogP contribution in [0.1, 0.15) is 10.6 Å². The zero-order valence-electron chi connectivity index (χ0n) is 15.2. The molecule has 2 aliphatic heterocycles. The van der Waals surface area contributed by atoms with E-state index in [2.05, 4.69) is 20.0 Å². The number of nitro groups is 1. The molecule has 0 saturated carbocycles. The Morgan fingerprint density at radius 1 is 0.929 bits per heavy atom. The van der Waals surface area contributed by atoms with Crippen molar-refractivity contribution in [1.82, 2.24) is 15.1 Å². The lowest BCUT2D eigenvalue weighted by atomic mass is 10.2. The van der Waals surface area contributed by atoms with Crippen molar-refractivity contribution in [2.45, 2.75) is 0 Å². The van der Waals surface area contributed by atoms with Crippen LogP contribution in [0.25, 0.3) is 0 Å². The summed E-state index contributed by atoms with van der Waals surface area (Å²) in [7, 11) is 0. The molecule has 0 atom stereocenters. The molecule has 0 spiro atoms. The molecule has 2 aromatic heterocycles. The lowest BCUT2D eigenvalue weighted by Crippen LogP contribution is -2.49. The minimum Gasteiger partial charge on any atom is -0.395 e. The molecule has 2 aliphatic rings. The third-order valence-electron chi connectivity index (χ3n) is 4.84. The summed E-state index contributed by atoms with van der Waals surface area (Å²) in [6.07, 6.45) is 0. The quantitative estimate of drug-likeness (QED) is 0.553. The second-order valence-corrected chi connectivity index (χ2v) is 6.52. The highest BCUT2D eigenvalue weighted by Gasteiger charge is 2.26. The number of furan rings is 1. The van der Waals surface area contributed by atoms with Crippen LogP contribution in [0.15, 0.2) is 28.7 Å². The molecule has 4 rings (SSSR count). The van der Waals surface area contributed by atoms with Crippen LogP contribution in [-0.4, -0.2) is 78.4 Å². The Labute approximate surface area is 160 Å². The molecule has 0 radical (unpaired) electrons. The smallest absolute Gasteiger partial charge is 0.395 e. The van der Waals surface area contributed by atoms with E-state index in [-0.39, 0.29) is 11.7 Å². The first-order valence-corrected chi connectivity index (χ1v) is 9.07. The molecule has 2 saturated heterocycles. The van der Waals surface area contributed by atoms with Crippen LogP contribution >= 0.6 is 0 Å². The molecule has 11 heteroatoms. The zero-order chi connectivity index (χ0) is 19.5. The lowest BCUT2D eigenvalue weighted by Gasteiger charge is -2.35. The van der Waals surface area contributed by atoms with E-state index in [4.69, 9.17) is 9.15 Å². The SMILES string of the molecule is O=C(c1ccc([N+](=O)[O-])o1)N1CCN(c2ccc(N3CCOCC3)nn2)CC1. The van der Waals surface area contributed by atoms with Crippen LogP contribution in [0.2, 0.25) is 0 Å². The maximum atomic E-state index is 12.4. The molecule has 1 amide bonds. The normalized spacial score (nSPS) is 17.6. The first-order chi connectivity index (χ1) is 13.6. The molecule has 2 aromatic rings. The van der Waals surface area contributed by atoms with E-state index in [0.29, 0.717) is 39.4 Å². The number of amides is 1. The molecule has 11 nitrogen and oxygen atoms in total. The van der Waals surface area contributed by atoms with Crippen molar-refractivity contribution in [3.8, 4) is 0 Å². The summed E-state index contributed by atoms with van der Waals surface area (Å²) in [4.78, 5) is 28.3. The average Bonchev–Trinajstić information content (AvgIpc) is 3.25. The number of hydrogen-bond acceptors (Lipinski definition) is 9. The fourth-order valence-corrected chi connectivity index (χ4v) is 3.28. The van der Waals surface area contributed by atoms with Crippen molar-refractivity contribution < 1.29 is 18.9 Å². The van der Waals surface area contributed by atoms with Crippen molar-refractivity contribution in [2.75, 3.05) is 62.3 Å². The Balaban J connectivity index is 1.34. The van der Waals surface area contributed by atoms with Crippen molar-refractivity contribution in [1.29, 1.82) is 0 Å². The van der Waals surface area contributed by atoms with Crippen LogP contribution in [0, 0.1) is 10.1 Å². The van der Waals surface area contributed by atoms with E-state index in [1.807, 2.05) is 12.1 Å². The minimum atomic E-state index is -0.659. The summed E-state index contributed by atoms with van der Waals surface area (Å²) >= 11 is 0. The van der Waals surface area contributed by atoms with Crippen LogP contribution in [0.5, 0.6) is 0 Å². The third kappa shape index (κ3) is 3.74. The third-order valence-corrected chi connectivity index (χ3v) is 4.84. The fraction of sp³-hybridized carbons (Fsp3) is 0.471. The summed E-state index contributed by atoms with van der Waals surface area (Å²) in [5.74, 6) is 0.798. The molecular formula is C17H20N6O5. The fourth-order valence-electron chi connectivity index (χ4n) is 3.28. The second-order valence-electron chi connectivity index (χ2n) is 6.52. The van der Waals surface area contributed by atoms with Crippen LogP contribution in [-0.2, 0) is 4.74 Å². The summed E-state index contributed by atoms with van der Waals surface area (Å²) in [5, 5.41) is 19.3. The van der Waals surface area contributed by atoms with Crippen molar-refractivity contribution >= 4 is 23.4 Å². The first kappa shape index (κ1) is 18.2. The average molecular weight is 388 g/mol. The van der Waals surface area contributed by atoms with E-state index in [1.54, 1.807) is 4.90 Å². The number of carbonyl (C=O) groups excluding carboxylic acids is 1. The van der Waals surface area contributed by atoms with E-state index >= 15 is 0 Å². The van der Waals surface area contributed by atoms with E-state index in [1.165, 1.54) is 12.1 Å². The van der Waals surface area contributed by atoms with Crippen molar-refractivity contribution in [3.63, 3.8) is 0 Å². The largest absolute Gasteiger partial charge is 0.433 e.